The second kappa shape index (κ2) is 5.58. The van der Waals surface area contributed by atoms with Crippen LogP contribution in [0.3, 0.4) is 0 Å². The molecule has 2 aromatic carbocycles. The van der Waals surface area contributed by atoms with Gasteiger partial charge in [0.05, 0.1) is 21.4 Å². The molecule has 0 aromatic heterocycles. The quantitative estimate of drug-likeness (QED) is 0.885. The summed E-state index contributed by atoms with van der Waals surface area (Å²) in [6, 6.07) is 12.3. The number of anilines is 1. The molecular formula is C15H14FNOS2. The van der Waals surface area contributed by atoms with E-state index in [0.717, 1.165) is 6.42 Å². The van der Waals surface area contributed by atoms with E-state index in [0.29, 0.717) is 10.6 Å². The van der Waals surface area contributed by atoms with Gasteiger partial charge in [0.2, 0.25) is 0 Å². The van der Waals surface area contributed by atoms with Gasteiger partial charge in [-0.1, -0.05) is 18.2 Å². The first-order valence-electron chi connectivity index (χ1n) is 6.31. The SMILES string of the molecule is Nc1cc(F)ccc1S(=O)CC1Cc2ccccc2S1. The van der Waals surface area contributed by atoms with Crippen LogP contribution in [-0.4, -0.2) is 15.2 Å². The van der Waals surface area contributed by atoms with Crippen molar-refractivity contribution in [2.24, 2.45) is 0 Å². The van der Waals surface area contributed by atoms with Crippen molar-refractivity contribution in [3.05, 3.63) is 53.8 Å². The molecule has 0 amide bonds. The van der Waals surface area contributed by atoms with E-state index in [9.17, 15) is 8.60 Å². The number of fused-ring (bicyclic) bond motifs is 1. The second-order valence-electron chi connectivity index (χ2n) is 4.75. The van der Waals surface area contributed by atoms with E-state index in [1.165, 1.54) is 28.7 Å². The van der Waals surface area contributed by atoms with Crippen molar-refractivity contribution in [1.82, 2.24) is 0 Å². The monoisotopic (exact) mass is 307 g/mol. The smallest absolute Gasteiger partial charge is 0.125 e. The summed E-state index contributed by atoms with van der Waals surface area (Å²) < 4.78 is 25.4. The summed E-state index contributed by atoms with van der Waals surface area (Å²) in [5.41, 5.74) is 7.32. The summed E-state index contributed by atoms with van der Waals surface area (Å²) >= 11 is 1.76. The fourth-order valence-electron chi connectivity index (χ4n) is 2.33. The average Bonchev–Trinajstić information content (AvgIpc) is 2.80. The molecule has 0 saturated carbocycles. The first-order chi connectivity index (χ1) is 9.63. The zero-order chi connectivity index (χ0) is 14.1. The van der Waals surface area contributed by atoms with Crippen molar-refractivity contribution in [3.8, 4) is 0 Å². The molecule has 0 saturated heterocycles. The molecule has 0 radical (unpaired) electrons. The van der Waals surface area contributed by atoms with Gasteiger partial charge >= 0.3 is 0 Å². The van der Waals surface area contributed by atoms with Crippen molar-refractivity contribution >= 4 is 28.2 Å². The molecule has 1 aliphatic rings. The molecule has 1 heterocycles. The lowest BCUT2D eigenvalue weighted by Crippen LogP contribution is -2.14. The Balaban J connectivity index is 1.72. The minimum Gasteiger partial charge on any atom is -0.398 e. The number of hydrogen-bond donors (Lipinski definition) is 1. The lowest BCUT2D eigenvalue weighted by molar-refractivity contribution is 0.627. The van der Waals surface area contributed by atoms with E-state index < -0.39 is 16.6 Å². The number of nitrogens with two attached hydrogens (primary N) is 1. The van der Waals surface area contributed by atoms with E-state index in [4.69, 9.17) is 5.73 Å². The fraction of sp³-hybridized carbons (Fsp3) is 0.200. The molecule has 2 nitrogen and oxygen atoms in total. The van der Waals surface area contributed by atoms with Gasteiger partial charge < -0.3 is 5.73 Å². The zero-order valence-corrected chi connectivity index (χ0v) is 12.3. The highest BCUT2D eigenvalue weighted by Crippen LogP contribution is 2.37. The van der Waals surface area contributed by atoms with Crippen LogP contribution in [0.4, 0.5) is 10.1 Å². The Morgan fingerprint density at radius 1 is 1.30 bits per heavy atom. The van der Waals surface area contributed by atoms with Crippen LogP contribution in [0, 0.1) is 5.82 Å². The minimum atomic E-state index is -1.19. The Labute approximate surface area is 124 Å². The molecule has 0 bridgehead atoms. The van der Waals surface area contributed by atoms with Crippen molar-refractivity contribution in [3.63, 3.8) is 0 Å². The van der Waals surface area contributed by atoms with E-state index >= 15 is 0 Å². The molecule has 2 unspecified atom stereocenters. The van der Waals surface area contributed by atoms with Crippen LogP contribution in [0.5, 0.6) is 0 Å². The maximum atomic E-state index is 13.0. The topological polar surface area (TPSA) is 43.1 Å². The van der Waals surface area contributed by atoms with Gasteiger partial charge in [-0.3, -0.25) is 4.21 Å². The number of benzene rings is 2. The van der Waals surface area contributed by atoms with Crippen LogP contribution in [0.15, 0.2) is 52.3 Å². The molecule has 0 fully saturated rings. The van der Waals surface area contributed by atoms with Gasteiger partial charge in [-0.05, 0) is 36.2 Å². The number of halogens is 1. The fourth-order valence-corrected chi connectivity index (χ4v) is 5.23. The summed E-state index contributed by atoms with van der Waals surface area (Å²) in [6.07, 6.45) is 0.924. The Bertz CT molecular complexity index is 650. The van der Waals surface area contributed by atoms with Crippen LogP contribution >= 0.6 is 11.8 Å². The van der Waals surface area contributed by atoms with E-state index in [2.05, 4.69) is 12.1 Å². The standard InChI is InChI=1S/C15H14FNOS2/c16-11-5-6-15(13(17)8-11)20(18)9-12-7-10-3-1-2-4-14(10)19-12/h1-6,8,12H,7,9,17H2. The Morgan fingerprint density at radius 2 is 2.10 bits per heavy atom. The van der Waals surface area contributed by atoms with Gasteiger partial charge in [-0.25, -0.2) is 4.39 Å². The van der Waals surface area contributed by atoms with Gasteiger partial charge in [0.25, 0.3) is 0 Å². The van der Waals surface area contributed by atoms with Gasteiger partial charge in [0.15, 0.2) is 0 Å². The maximum absolute atomic E-state index is 13.0. The van der Waals surface area contributed by atoms with Crippen LogP contribution in [-0.2, 0) is 17.2 Å². The third-order valence-corrected chi connectivity index (χ3v) is 6.37. The van der Waals surface area contributed by atoms with E-state index in [1.807, 2.05) is 12.1 Å². The van der Waals surface area contributed by atoms with Crippen molar-refractivity contribution in [2.75, 3.05) is 11.5 Å². The van der Waals surface area contributed by atoms with Crippen LogP contribution in [0.1, 0.15) is 5.56 Å². The third kappa shape index (κ3) is 2.74. The molecule has 1 aliphatic heterocycles. The third-order valence-electron chi connectivity index (χ3n) is 3.27. The number of hydrogen-bond acceptors (Lipinski definition) is 3. The van der Waals surface area contributed by atoms with Crippen LogP contribution < -0.4 is 5.73 Å². The predicted octanol–water partition coefficient (Wildman–Crippen LogP) is 3.23. The lowest BCUT2D eigenvalue weighted by atomic mass is 10.1. The first-order valence-corrected chi connectivity index (χ1v) is 8.51. The Kier molecular flexibility index (Phi) is 3.81. The molecule has 2 N–H and O–H groups in total. The average molecular weight is 307 g/mol. The molecule has 3 rings (SSSR count). The second-order valence-corrected chi connectivity index (χ2v) is 7.55. The van der Waals surface area contributed by atoms with Crippen LogP contribution in [0.25, 0.3) is 0 Å². The molecule has 104 valence electrons. The summed E-state index contributed by atoms with van der Waals surface area (Å²) in [5.74, 6) is 0.140. The minimum absolute atomic E-state index is 0.267. The lowest BCUT2D eigenvalue weighted by Gasteiger charge is -2.10. The normalized spacial score (nSPS) is 18.8. The van der Waals surface area contributed by atoms with Crippen molar-refractivity contribution in [2.45, 2.75) is 21.5 Å². The summed E-state index contributed by atoms with van der Waals surface area (Å²) in [5, 5.41) is 0.290. The van der Waals surface area contributed by atoms with Gasteiger partial charge in [-0.15, -0.1) is 11.8 Å². The van der Waals surface area contributed by atoms with Gasteiger partial charge in [0.1, 0.15) is 5.82 Å². The highest BCUT2D eigenvalue weighted by Gasteiger charge is 2.24. The highest BCUT2D eigenvalue weighted by molar-refractivity contribution is 8.01. The molecule has 0 aliphatic carbocycles. The molecule has 2 aromatic rings. The van der Waals surface area contributed by atoms with Gasteiger partial charge in [0, 0.05) is 15.9 Å². The Morgan fingerprint density at radius 3 is 2.85 bits per heavy atom. The van der Waals surface area contributed by atoms with Crippen LogP contribution in [0.2, 0.25) is 0 Å². The molecule has 0 spiro atoms. The molecule has 20 heavy (non-hydrogen) atoms. The van der Waals surface area contributed by atoms with E-state index in [-0.39, 0.29) is 10.9 Å². The molecule has 2 atom stereocenters. The van der Waals surface area contributed by atoms with Crippen molar-refractivity contribution < 1.29 is 8.60 Å². The van der Waals surface area contributed by atoms with Gasteiger partial charge in [-0.2, -0.15) is 0 Å². The number of thioether (sulfide) groups is 1. The number of nitrogen functional groups attached to an aromatic ring is 1. The summed E-state index contributed by atoms with van der Waals surface area (Å²) in [7, 11) is -1.19. The zero-order valence-electron chi connectivity index (χ0n) is 10.7. The highest BCUT2D eigenvalue weighted by atomic mass is 32.2. The molecule has 5 heteroatoms. The number of rotatable bonds is 3. The van der Waals surface area contributed by atoms with E-state index in [1.54, 1.807) is 11.8 Å². The predicted molar refractivity (Wildman–Crippen MR) is 81.9 cm³/mol. The summed E-state index contributed by atoms with van der Waals surface area (Å²) in [4.78, 5) is 1.80. The Hall–Kier alpha value is -1.33. The maximum Gasteiger partial charge on any atom is 0.125 e. The summed E-state index contributed by atoms with van der Waals surface area (Å²) in [6.45, 7) is 0. The first kappa shape index (κ1) is 13.6. The largest absolute Gasteiger partial charge is 0.398 e. The van der Waals surface area contributed by atoms with Crippen molar-refractivity contribution in [1.29, 1.82) is 0 Å². The molecular weight excluding hydrogens is 293 g/mol.